The predicted octanol–water partition coefficient (Wildman–Crippen LogP) is 5.07. The van der Waals surface area contributed by atoms with Crippen molar-refractivity contribution in [2.75, 3.05) is 26.2 Å². The summed E-state index contributed by atoms with van der Waals surface area (Å²) in [6, 6.07) is 7.83. The number of alkyl halides is 3. The second-order valence-corrected chi connectivity index (χ2v) is 8.36. The molecule has 0 aromatic heterocycles. The van der Waals surface area contributed by atoms with Gasteiger partial charge in [-0.1, -0.05) is 12.1 Å². The molecule has 2 heterocycles. The molecule has 0 radical (unpaired) electrons. The van der Waals surface area contributed by atoms with Crippen LogP contribution in [0.5, 0.6) is 5.75 Å². The molecule has 2 aliphatic heterocycles. The topological polar surface area (TPSA) is 50.8 Å². The lowest BCUT2D eigenvalue weighted by molar-refractivity contribution is -0.137. The molecular weight excluding hydrogens is 447 g/mol. The van der Waals surface area contributed by atoms with Crippen LogP contribution < -0.4 is 10.1 Å². The molecule has 178 valence electrons. The summed E-state index contributed by atoms with van der Waals surface area (Å²) in [5.74, 6) is -2.11. The number of nitrogens with one attached hydrogen (secondary N) is 1. The number of nitrogens with zero attached hydrogens (tertiary/aromatic N) is 1. The molecule has 2 saturated heterocycles. The Morgan fingerprint density at radius 1 is 1.09 bits per heavy atom. The number of likely N-dealkylation sites (tertiary alicyclic amines) is 1. The first-order valence-electron chi connectivity index (χ1n) is 10.6. The molecule has 0 aliphatic carbocycles. The fourth-order valence-electron chi connectivity index (χ4n) is 4.19. The van der Waals surface area contributed by atoms with Gasteiger partial charge in [0, 0.05) is 45.0 Å². The third kappa shape index (κ3) is 5.55. The Balaban J connectivity index is 1.47. The standard InChI is InChI=1S/C23H23F5N2O3/c24-18-5-4-17(13-19(18)25)32-20(15-2-1-3-16(12-15)23(26,27)28)6-9-30-10-7-22(8-11-30)14-29-21(31)33-22/h1-5,12-13,20H,6-11,14H2,(H,29,31). The molecule has 1 amide bonds. The summed E-state index contributed by atoms with van der Waals surface area (Å²) in [6.45, 7) is 2.26. The van der Waals surface area contributed by atoms with E-state index in [0.29, 0.717) is 45.4 Å². The Bertz CT molecular complexity index is 1010. The zero-order chi connectivity index (χ0) is 23.6. The van der Waals surface area contributed by atoms with Crippen LogP contribution in [0, 0.1) is 11.6 Å². The van der Waals surface area contributed by atoms with Gasteiger partial charge in [-0.05, 0) is 29.8 Å². The van der Waals surface area contributed by atoms with Crippen molar-refractivity contribution in [2.45, 2.75) is 37.1 Å². The molecule has 2 fully saturated rings. The number of alkyl carbamates (subject to hydrolysis) is 1. The van der Waals surface area contributed by atoms with E-state index in [4.69, 9.17) is 9.47 Å². The van der Waals surface area contributed by atoms with Gasteiger partial charge in [0.15, 0.2) is 11.6 Å². The van der Waals surface area contributed by atoms with Crippen LogP contribution in [0.15, 0.2) is 42.5 Å². The van der Waals surface area contributed by atoms with Crippen LogP contribution >= 0.6 is 0 Å². The Hall–Kier alpha value is -2.88. The molecule has 2 aromatic carbocycles. The number of halogens is 5. The molecule has 1 spiro atoms. The number of carbonyl (C=O) groups excluding carboxylic acids is 1. The Kier molecular flexibility index (Phi) is 6.47. The summed E-state index contributed by atoms with van der Waals surface area (Å²) in [6.07, 6.45) is -4.14. The maximum Gasteiger partial charge on any atom is 0.416 e. The summed E-state index contributed by atoms with van der Waals surface area (Å²) < 4.78 is 77.8. The van der Waals surface area contributed by atoms with E-state index in [2.05, 4.69) is 10.2 Å². The fourth-order valence-corrected chi connectivity index (χ4v) is 4.19. The lowest BCUT2D eigenvalue weighted by Gasteiger charge is -2.37. The number of carbonyl (C=O) groups is 1. The van der Waals surface area contributed by atoms with E-state index in [9.17, 15) is 26.7 Å². The van der Waals surface area contributed by atoms with Gasteiger partial charge in [-0.2, -0.15) is 13.2 Å². The van der Waals surface area contributed by atoms with Crippen LogP contribution in [0.2, 0.25) is 0 Å². The van der Waals surface area contributed by atoms with Crippen LogP contribution in [-0.2, 0) is 10.9 Å². The van der Waals surface area contributed by atoms with Gasteiger partial charge in [0.05, 0.1) is 12.1 Å². The third-order valence-corrected chi connectivity index (χ3v) is 6.09. The first-order valence-corrected chi connectivity index (χ1v) is 10.6. The van der Waals surface area contributed by atoms with Crippen LogP contribution in [0.3, 0.4) is 0 Å². The highest BCUT2D eigenvalue weighted by atomic mass is 19.4. The Labute approximate surface area is 187 Å². The normalized spacial score (nSPS) is 19.2. The number of hydrogen-bond acceptors (Lipinski definition) is 4. The Morgan fingerprint density at radius 3 is 2.48 bits per heavy atom. The van der Waals surface area contributed by atoms with Crippen molar-refractivity contribution < 1.29 is 36.2 Å². The minimum Gasteiger partial charge on any atom is -0.486 e. The second-order valence-electron chi connectivity index (χ2n) is 8.36. The number of rotatable bonds is 6. The van der Waals surface area contributed by atoms with Gasteiger partial charge in [0.2, 0.25) is 0 Å². The van der Waals surface area contributed by atoms with Crippen molar-refractivity contribution in [1.82, 2.24) is 10.2 Å². The highest BCUT2D eigenvalue weighted by Crippen LogP contribution is 2.34. The summed E-state index contributed by atoms with van der Waals surface area (Å²) >= 11 is 0. The highest BCUT2D eigenvalue weighted by molar-refractivity contribution is 5.70. The highest BCUT2D eigenvalue weighted by Gasteiger charge is 2.42. The van der Waals surface area contributed by atoms with E-state index in [-0.39, 0.29) is 11.3 Å². The average Bonchev–Trinajstić information content (AvgIpc) is 3.14. The molecule has 1 atom stereocenters. The summed E-state index contributed by atoms with van der Waals surface area (Å²) in [4.78, 5) is 13.5. The van der Waals surface area contributed by atoms with Crippen molar-refractivity contribution in [3.05, 3.63) is 65.2 Å². The average molecular weight is 470 g/mol. The number of hydrogen-bond donors (Lipinski definition) is 1. The molecule has 10 heteroatoms. The van der Waals surface area contributed by atoms with Crippen LogP contribution in [-0.4, -0.2) is 42.8 Å². The van der Waals surface area contributed by atoms with Gasteiger partial charge in [-0.25, -0.2) is 13.6 Å². The number of amides is 1. The molecule has 5 nitrogen and oxygen atoms in total. The van der Waals surface area contributed by atoms with Crippen LogP contribution in [0.4, 0.5) is 26.7 Å². The zero-order valence-electron chi connectivity index (χ0n) is 17.6. The monoisotopic (exact) mass is 470 g/mol. The molecule has 2 aliphatic rings. The maximum absolute atomic E-state index is 13.6. The zero-order valence-corrected chi connectivity index (χ0v) is 17.6. The minimum atomic E-state index is -4.52. The molecule has 1 N–H and O–H groups in total. The number of benzene rings is 2. The molecule has 4 rings (SSSR count). The summed E-state index contributed by atoms with van der Waals surface area (Å²) in [5.41, 5.74) is -1.03. The lowest BCUT2D eigenvalue weighted by Crippen LogP contribution is -2.47. The fraction of sp³-hybridized carbons (Fsp3) is 0.435. The predicted molar refractivity (Wildman–Crippen MR) is 109 cm³/mol. The molecule has 1 unspecified atom stereocenters. The third-order valence-electron chi connectivity index (χ3n) is 6.09. The largest absolute Gasteiger partial charge is 0.486 e. The molecule has 0 bridgehead atoms. The van der Waals surface area contributed by atoms with Crippen LogP contribution in [0.1, 0.15) is 36.5 Å². The van der Waals surface area contributed by atoms with E-state index in [0.717, 1.165) is 24.3 Å². The molecule has 33 heavy (non-hydrogen) atoms. The lowest BCUT2D eigenvalue weighted by atomic mass is 9.91. The molecular formula is C23H23F5N2O3. The van der Waals surface area contributed by atoms with E-state index in [1.807, 2.05) is 0 Å². The van der Waals surface area contributed by atoms with E-state index in [1.54, 1.807) is 0 Å². The molecule has 0 saturated carbocycles. The van der Waals surface area contributed by atoms with Crippen molar-refractivity contribution in [2.24, 2.45) is 0 Å². The van der Waals surface area contributed by atoms with E-state index < -0.39 is 41.2 Å². The molecule has 2 aromatic rings. The maximum atomic E-state index is 13.6. The minimum absolute atomic E-state index is 0.0258. The number of ether oxygens (including phenoxy) is 2. The van der Waals surface area contributed by atoms with Gasteiger partial charge in [0.1, 0.15) is 17.5 Å². The van der Waals surface area contributed by atoms with Gasteiger partial charge >= 0.3 is 12.3 Å². The number of piperidine rings is 1. The summed E-state index contributed by atoms with van der Waals surface area (Å²) in [5, 5.41) is 2.67. The van der Waals surface area contributed by atoms with E-state index in [1.165, 1.54) is 18.2 Å². The van der Waals surface area contributed by atoms with E-state index >= 15 is 0 Å². The first kappa shape index (κ1) is 23.3. The smallest absolute Gasteiger partial charge is 0.416 e. The van der Waals surface area contributed by atoms with Gasteiger partial charge in [-0.3, -0.25) is 0 Å². The first-order chi connectivity index (χ1) is 15.6. The van der Waals surface area contributed by atoms with Gasteiger partial charge in [0.25, 0.3) is 0 Å². The van der Waals surface area contributed by atoms with Crippen molar-refractivity contribution in [1.29, 1.82) is 0 Å². The quantitative estimate of drug-likeness (QED) is 0.600. The summed E-state index contributed by atoms with van der Waals surface area (Å²) in [7, 11) is 0. The SMILES string of the molecule is O=C1NCC2(CCN(CCC(Oc3ccc(F)c(F)c3)c3cccc(C(F)(F)F)c3)CC2)O1. The van der Waals surface area contributed by atoms with Crippen LogP contribution in [0.25, 0.3) is 0 Å². The Morgan fingerprint density at radius 2 is 1.85 bits per heavy atom. The second kappa shape index (κ2) is 9.17. The van der Waals surface area contributed by atoms with Gasteiger partial charge < -0.3 is 19.7 Å². The van der Waals surface area contributed by atoms with Gasteiger partial charge in [-0.15, -0.1) is 0 Å². The van der Waals surface area contributed by atoms with Crippen molar-refractivity contribution in [3.63, 3.8) is 0 Å². The van der Waals surface area contributed by atoms with Crippen molar-refractivity contribution in [3.8, 4) is 5.75 Å². The van der Waals surface area contributed by atoms with Crippen molar-refractivity contribution >= 4 is 6.09 Å².